The Morgan fingerprint density at radius 1 is 0.941 bits per heavy atom. The first-order valence-electron chi connectivity index (χ1n) is 7.26. The normalized spacial score (nSPS) is 12.4. The van der Waals surface area contributed by atoms with E-state index in [0.717, 1.165) is 12.8 Å². The summed E-state index contributed by atoms with van der Waals surface area (Å²) in [6.45, 7) is 14.5. The van der Waals surface area contributed by atoms with Crippen LogP contribution >= 0.6 is 0 Å². The molecule has 1 aliphatic rings. The molecule has 1 rings (SSSR count). The maximum atomic E-state index is 8.84. The van der Waals surface area contributed by atoms with Gasteiger partial charge in [-0.2, -0.15) is 0 Å². The number of hydrogen-bond acceptors (Lipinski definition) is 1. The van der Waals surface area contributed by atoms with Crippen molar-refractivity contribution in [3.8, 4) is 0 Å². The molecular formula is C16H34O. The molecule has 1 nitrogen and oxygen atoms in total. The van der Waals surface area contributed by atoms with Crippen LogP contribution in [0.25, 0.3) is 0 Å². The second-order valence-corrected chi connectivity index (χ2v) is 3.52. The topological polar surface area (TPSA) is 20.2 Å². The molecular weight excluding hydrogens is 208 g/mol. The van der Waals surface area contributed by atoms with E-state index in [-0.39, 0.29) is 0 Å². The van der Waals surface area contributed by atoms with E-state index in [9.17, 15) is 0 Å². The number of allylic oxidation sites excluding steroid dienone is 4. The number of hydrogen-bond donors (Lipinski definition) is 1. The molecule has 0 bridgehead atoms. The summed E-state index contributed by atoms with van der Waals surface area (Å²) in [4.78, 5) is 0. The Morgan fingerprint density at radius 3 is 1.59 bits per heavy atom. The summed E-state index contributed by atoms with van der Waals surface area (Å²) in [5.74, 6) is 0.510. The van der Waals surface area contributed by atoms with Gasteiger partial charge in [-0.1, -0.05) is 72.5 Å². The van der Waals surface area contributed by atoms with E-state index < -0.39 is 0 Å². The third kappa shape index (κ3) is 21.2. The van der Waals surface area contributed by atoms with Crippen LogP contribution in [0, 0.1) is 0 Å². The standard InChI is InChI=1S/C7H10O.C5H12.2C2H6/c1-6-2-4-7(8)5-3-6;1-3-5-4-2;2*1-2/h2,4,8H,3,5H2,1H3;3-5H2,1-2H3;2*1-2H3. The number of rotatable bonds is 2. The molecule has 1 aliphatic carbocycles. The van der Waals surface area contributed by atoms with Crippen LogP contribution in [-0.4, -0.2) is 5.11 Å². The lowest BCUT2D eigenvalue weighted by Gasteiger charge is -2.04. The predicted octanol–water partition coefficient (Wildman–Crippen LogP) is 6.42. The monoisotopic (exact) mass is 242 g/mol. The van der Waals surface area contributed by atoms with Gasteiger partial charge in [-0.25, -0.2) is 0 Å². The van der Waals surface area contributed by atoms with Gasteiger partial charge in [-0.05, 0) is 19.4 Å². The fraction of sp³-hybridized carbons (Fsp3) is 0.750. The Hall–Kier alpha value is -0.720. The molecule has 1 N–H and O–H groups in total. The molecule has 0 aromatic carbocycles. The zero-order chi connectivity index (χ0) is 14.1. The Kier molecular flexibility index (Phi) is 26.2. The summed E-state index contributed by atoms with van der Waals surface area (Å²) in [6, 6.07) is 0. The first-order valence-corrected chi connectivity index (χ1v) is 7.26. The van der Waals surface area contributed by atoms with Crippen LogP contribution < -0.4 is 0 Å². The maximum absolute atomic E-state index is 8.84. The van der Waals surface area contributed by atoms with Crippen LogP contribution in [0.3, 0.4) is 0 Å². The molecule has 0 atom stereocenters. The van der Waals surface area contributed by atoms with Crippen LogP contribution in [0.2, 0.25) is 0 Å². The van der Waals surface area contributed by atoms with Crippen LogP contribution in [0.5, 0.6) is 0 Å². The van der Waals surface area contributed by atoms with Gasteiger partial charge < -0.3 is 5.11 Å². The third-order valence-electron chi connectivity index (χ3n) is 2.04. The average Bonchev–Trinajstić information content (AvgIpc) is 2.40. The fourth-order valence-corrected chi connectivity index (χ4v) is 1.08. The molecule has 0 unspecified atom stereocenters. The average molecular weight is 242 g/mol. The molecule has 0 saturated carbocycles. The molecule has 104 valence electrons. The summed E-state index contributed by atoms with van der Waals surface area (Å²) >= 11 is 0. The minimum atomic E-state index is 0.510. The number of unbranched alkanes of at least 4 members (excludes halogenated alkanes) is 2. The number of aliphatic hydroxyl groups excluding tert-OH is 1. The highest BCUT2D eigenvalue weighted by Crippen LogP contribution is 2.14. The van der Waals surface area contributed by atoms with E-state index in [1.54, 1.807) is 6.08 Å². The summed E-state index contributed by atoms with van der Waals surface area (Å²) in [5, 5.41) is 8.84. The molecule has 0 amide bonds. The second kappa shape index (κ2) is 20.7. The lowest BCUT2D eigenvalue weighted by atomic mass is 10.1. The Bertz CT molecular complexity index is 158. The first-order chi connectivity index (χ1) is 8.20. The van der Waals surface area contributed by atoms with Gasteiger partial charge in [-0.15, -0.1) is 0 Å². The van der Waals surface area contributed by atoms with Gasteiger partial charge in [0.2, 0.25) is 0 Å². The van der Waals surface area contributed by atoms with Crippen LogP contribution in [-0.2, 0) is 0 Å². The maximum Gasteiger partial charge on any atom is 0.0925 e. The van der Waals surface area contributed by atoms with Gasteiger partial charge >= 0.3 is 0 Å². The summed E-state index contributed by atoms with van der Waals surface area (Å²) in [5.41, 5.74) is 1.35. The van der Waals surface area contributed by atoms with E-state index in [4.69, 9.17) is 5.11 Å². The van der Waals surface area contributed by atoms with Crippen molar-refractivity contribution in [3.05, 3.63) is 23.5 Å². The quantitative estimate of drug-likeness (QED) is 0.592. The number of aliphatic hydroxyl groups is 1. The van der Waals surface area contributed by atoms with Crippen molar-refractivity contribution in [2.45, 2.75) is 80.6 Å². The molecule has 17 heavy (non-hydrogen) atoms. The predicted molar refractivity (Wildman–Crippen MR) is 81.6 cm³/mol. The zero-order valence-electron chi connectivity index (χ0n) is 13.1. The van der Waals surface area contributed by atoms with E-state index >= 15 is 0 Å². The van der Waals surface area contributed by atoms with Crippen LogP contribution in [0.1, 0.15) is 80.6 Å². The lowest BCUT2D eigenvalue weighted by molar-refractivity contribution is 0.386. The third-order valence-corrected chi connectivity index (χ3v) is 2.04. The molecule has 0 aliphatic heterocycles. The fourth-order valence-electron chi connectivity index (χ4n) is 1.08. The second-order valence-electron chi connectivity index (χ2n) is 3.52. The first kappa shape index (κ1) is 21.6. The van der Waals surface area contributed by atoms with E-state index in [2.05, 4.69) is 20.8 Å². The Balaban J connectivity index is -0.000000190. The summed E-state index contributed by atoms with van der Waals surface area (Å²) < 4.78 is 0. The van der Waals surface area contributed by atoms with Crippen molar-refractivity contribution in [2.75, 3.05) is 0 Å². The van der Waals surface area contributed by atoms with Gasteiger partial charge in [0.1, 0.15) is 0 Å². The molecule has 1 heteroatoms. The lowest BCUT2D eigenvalue weighted by Crippen LogP contribution is -1.88. The molecule has 0 radical (unpaired) electrons. The van der Waals surface area contributed by atoms with Crippen molar-refractivity contribution in [1.29, 1.82) is 0 Å². The summed E-state index contributed by atoms with van der Waals surface area (Å²) in [7, 11) is 0. The van der Waals surface area contributed by atoms with Gasteiger partial charge in [0, 0.05) is 6.42 Å². The minimum Gasteiger partial charge on any atom is -0.512 e. The van der Waals surface area contributed by atoms with E-state index in [1.165, 1.54) is 24.8 Å². The van der Waals surface area contributed by atoms with Crippen molar-refractivity contribution >= 4 is 0 Å². The highest BCUT2D eigenvalue weighted by atomic mass is 16.3. The van der Waals surface area contributed by atoms with Crippen molar-refractivity contribution < 1.29 is 5.11 Å². The van der Waals surface area contributed by atoms with Crippen LogP contribution in [0.4, 0.5) is 0 Å². The Morgan fingerprint density at radius 2 is 1.41 bits per heavy atom. The molecule has 0 aromatic rings. The summed E-state index contributed by atoms with van der Waals surface area (Å²) in [6.07, 6.45) is 9.63. The minimum absolute atomic E-state index is 0.510. The molecule has 0 heterocycles. The van der Waals surface area contributed by atoms with E-state index in [0.29, 0.717) is 5.76 Å². The molecule has 0 aromatic heterocycles. The van der Waals surface area contributed by atoms with Crippen molar-refractivity contribution in [1.82, 2.24) is 0 Å². The van der Waals surface area contributed by atoms with Crippen molar-refractivity contribution in [2.24, 2.45) is 0 Å². The molecule has 0 fully saturated rings. The van der Waals surface area contributed by atoms with Crippen LogP contribution in [0.15, 0.2) is 23.5 Å². The highest BCUT2D eigenvalue weighted by molar-refractivity contribution is 5.18. The SMILES string of the molecule is CC.CC.CC1=CC=C(O)CC1.CCCCC. The van der Waals surface area contributed by atoms with Gasteiger partial charge in [0.15, 0.2) is 0 Å². The highest BCUT2D eigenvalue weighted by Gasteiger charge is 1.98. The molecule has 0 spiro atoms. The van der Waals surface area contributed by atoms with Gasteiger partial charge in [0.05, 0.1) is 5.76 Å². The zero-order valence-corrected chi connectivity index (χ0v) is 13.1. The largest absolute Gasteiger partial charge is 0.512 e. The molecule has 0 saturated heterocycles. The van der Waals surface area contributed by atoms with Gasteiger partial charge in [-0.3, -0.25) is 0 Å². The smallest absolute Gasteiger partial charge is 0.0925 e. The Labute approximate surface area is 110 Å². The van der Waals surface area contributed by atoms with Gasteiger partial charge in [0.25, 0.3) is 0 Å². The van der Waals surface area contributed by atoms with E-state index in [1.807, 2.05) is 33.8 Å². The van der Waals surface area contributed by atoms with Crippen molar-refractivity contribution in [3.63, 3.8) is 0 Å².